The van der Waals surface area contributed by atoms with Crippen molar-refractivity contribution in [2.75, 3.05) is 20.2 Å². The van der Waals surface area contributed by atoms with Crippen LogP contribution in [-0.2, 0) is 14.8 Å². The molecule has 0 bridgehead atoms. The maximum Gasteiger partial charge on any atom is 0.337 e. The lowest BCUT2D eigenvalue weighted by molar-refractivity contribution is -0.385. The highest BCUT2D eigenvalue weighted by molar-refractivity contribution is 7.89. The van der Waals surface area contributed by atoms with Crippen molar-refractivity contribution in [2.45, 2.75) is 24.7 Å². The fourth-order valence-corrected chi connectivity index (χ4v) is 4.95. The van der Waals surface area contributed by atoms with E-state index in [-0.39, 0.29) is 27.9 Å². The molecule has 0 amide bonds. The van der Waals surface area contributed by atoms with Crippen molar-refractivity contribution in [1.29, 1.82) is 0 Å². The van der Waals surface area contributed by atoms with Crippen LogP contribution < -0.4 is 4.74 Å². The van der Waals surface area contributed by atoms with Crippen molar-refractivity contribution in [3.8, 4) is 11.5 Å². The van der Waals surface area contributed by atoms with Crippen LogP contribution in [0.15, 0.2) is 47.4 Å². The quantitative estimate of drug-likeness (QED) is 0.387. The van der Waals surface area contributed by atoms with Crippen molar-refractivity contribution in [1.82, 2.24) is 4.31 Å². The highest BCUT2D eigenvalue weighted by Crippen LogP contribution is 2.35. The molecule has 0 aromatic heterocycles. The number of sulfonamides is 1. The van der Waals surface area contributed by atoms with Gasteiger partial charge in [-0.2, -0.15) is 4.31 Å². The summed E-state index contributed by atoms with van der Waals surface area (Å²) in [5, 5.41) is 11.6. The largest absolute Gasteiger partial charge is 0.465 e. The molecular weight excluding hydrogens is 412 g/mol. The molecule has 1 atom stereocenters. The molecule has 0 spiro atoms. The maximum absolute atomic E-state index is 12.9. The van der Waals surface area contributed by atoms with Gasteiger partial charge in [-0.05, 0) is 49.1 Å². The second-order valence-electron chi connectivity index (χ2n) is 7.12. The highest BCUT2D eigenvalue weighted by Gasteiger charge is 2.31. The van der Waals surface area contributed by atoms with E-state index in [4.69, 9.17) is 4.74 Å². The Balaban J connectivity index is 1.93. The molecule has 1 aliphatic heterocycles. The van der Waals surface area contributed by atoms with Gasteiger partial charge in [0, 0.05) is 19.2 Å². The summed E-state index contributed by atoms with van der Waals surface area (Å²) in [6.07, 6.45) is 1.70. The van der Waals surface area contributed by atoms with Gasteiger partial charge in [0.1, 0.15) is 5.75 Å². The highest BCUT2D eigenvalue weighted by atomic mass is 32.2. The number of hydrogen-bond donors (Lipinski definition) is 0. The van der Waals surface area contributed by atoms with Crippen LogP contribution in [0.5, 0.6) is 11.5 Å². The minimum atomic E-state index is -3.85. The molecule has 9 nitrogen and oxygen atoms in total. The predicted octanol–water partition coefficient (Wildman–Crippen LogP) is 3.59. The van der Waals surface area contributed by atoms with Gasteiger partial charge in [0.2, 0.25) is 15.8 Å². The van der Waals surface area contributed by atoms with Crippen LogP contribution >= 0.6 is 0 Å². The Morgan fingerprint density at radius 1 is 1.23 bits per heavy atom. The molecule has 1 unspecified atom stereocenters. The van der Waals surface area contributed by atoms with Crippen LogP contribution in [0.1, 0.15) is 30.1 Å². The summed E-state index contributed by atoms with van der Waals surface area (Å²) in [6.45, 7) is 2.75. The molecule has 0 N–H and O–H groups in total. The van der Waals surface area contributed by atoms with E-state index in [1.54, 1.807) is 6.07 Å². The minimum Gasteiger partial charge on any atom is -0.465 e. The van der Waals surface area contributed by atoms with Gasteiger partial charge in [-0.15, -0.1) is 0 Å². The molecule has 10 heteroatoms. The lowest BCUT2D eigenvalue weighted by atomic mass is 10.0. The Hall–Kier alpha value is -2.98. The number of nitro benzene ring substituents is 1. The number of ether oxygens (including phenoxy) is 2. The molecule has 1 heterocycles. The Kier molecular flexibility index (Phi) is 6.37. The fourth-order valence-electron chi connectivity index (χ4n) is 3.33. The van der Waals surface area contributed by atoms with E-state index in [0.717, 1.165) is 18.9 Å². The number of nitrogens with zero attached hydrogens (tertiary/aromatic N) is 2. The summed E-state index contributed by atoms with van der Waals surface area (Å²) in [5.74, 6) is -0.296. The molecule has 0 radical (unpaired) electrons. The Bertz CT molecular complexity index is 1070. The Morgan fingerprint density at radius 2 is 2.00 bits per heavy atom. The van der Waals surface area contributed by atoms with Crippen molar-refractivity contribution >= 4 is 21.7 Å². The van der Waals surface area contributed by atoms with Crippen LogP contribution in [0.4, 0.5) is 5.69 Å². The molecule has 3 rings (SSSR count). The van der Waals surface area contributed by atoms with Gasteiger partial charge in [0.05, 0.1) is 22.5 Å². The molecule has 0 saturated carbocycles. The van der Waals surface area contributed by atoms with E-state index in [1.807, 2.05) is 6.92 Å². The Labute approximate surface area is 174 Å². The second-order valence-corrected chi connectivity index (χ2v) is 9.06. The lowest BCUT2D eigenvalue weighted by Gasteiger charge is -2.30. The predicted molar refractivity (Wildman–Crippen MR) is 108 cm³/mol. The summed E-state index contributed by atoms with van der Waals surface area (Å²) in [5.41, 5.74) is -0.263. The molecular formula is C20H22N2O7S. The van der Waals surface area contributed by atoms with Crippen LogP contribution in [0.2, 0.25) is 0 Å². The zero-order valence-corrected chi connectivity index (χ0v) is 17.4. The maximum atomic E-state index is 12.9. The van der Waals surface area contributed by atoms with Gasteiger partial charge in [-0.1, -0.05) is 13.0 Å². The molecule has 30 heavy (non-hydrogen) atoms. The first-order chi connectivity index (χ1) is 14.2. The standard InChI is InChI=1S/C20H22N2O7S/c1-14-5-4-10-21(13-14)30(26,27)17-8-9-19(18(12-17)22(24)25)29-16-7-3-6-15(11-16)20(23)28-2/h3,6-9,11-12,14H,4-5,10,13H2,1-2H3. The molecule has 1 saturated heterocycles. The van der Waals surface area contributed by atoms with Gasteiger partial charge in [-0.25, -0.2) is 13.2 Å². The summed E-state index contributed by atoms with van der Waals surface area (Å²) < 4.78 is 37.5. The van der Waals surface area contributed by atoms with E-state index in [2.05, 4.69) is 4.74 Å². The summed E-state index contributed by atoms with van der Waals surface area (Å²) >= 11 is 0. The van der Waals surface area contributed by atoms with Gasteiger partial charge in [0.25, 0.3) is 0 Å². The third-order valence-electron chi connectivity index (χ3n) is 4.87. The van der Waals surface area contributed by atoms with E-state index in [0.29, 0.717) is 13.1 Å². The summed E-state index contributed by atoms with van der Waals surface area (Å²) in [7, 11) is -2.61. The summed E-state index contributed by atoms with van der Waals surface area (Å²) in [4.78, 5) is 22.4. The van der Waals surface area contributed by atoms with E-state index >= 15 is 0 Å². The zero-order chi connectivity index (χ0) is 21.9. The molecule has 160 valence electrons. The van der Waals surface area contributed by atoms with E-state index in [9.17, 15) is 23.3 Å². The van der Waals surface area contributed by atoms with Gasteiger partial charge in [0.15, 0.2) is 0 Å². The van der Waals surface area contributed by atoms with Crippen molar-refractivity contribution in [3.63, 3.8) is 0 Å². The topological polar surface area (TPSA) is 116 Å². The Morgan fingerprint density at radius 3 is 2.67 bits per heavy atom. The average Bonchev–Trinajstić information content (AvgIpc) is 2.73. The normalized spacial score (nSPS) is 17.3. The number of piperidine rings is 1. The zero-order valence-electron chi connectivity index (χ0n) is 16.6. The third kappa shape index (κ3) is 4.60. The van der Waals surface area contributed by atoms with Crippen LogP contribution in [-0.4, -0.2) is 43.8 Å². The summed E-state index contributed by atoms with van der Waals surface area (Å²) in [6, 6.07) is 9.52. The number of hydrogen-bond acceptors (Lipinski definition) is 7. The number of esters is 1. The third-order valence-corrected chi connectivity index (χ3v) is 6.73. The smallest absolute Gasteiger partial charge is 0.337 e. The van der Waals surface area contributed by atoms with Crippen LogP contribution in [0.3, 0.4) is 0 Å². The molecule has 1 aliphatic rings. The van der Waals surface area contributed by atoms with Crippen molar-refractivity contribution in [3.05, 3.63) is 58.1 Å². The van der Waals surface area contributed by atoms with Crippen molar-refractivity contribution in [2.24, 2.45) is 5.92 Å². The molecule has 2 aromatic carbocycles. The van der Waals surface area contributed by atoms with Gasteiger partial charge >= 0.3 is 11.7 Å². The molecule has 1 fully saturated rings. The minimum absolute atomic E-state index is 0.132. The SMILES string of the molecule is COC(=O)c1cccc(Oc2ccc(S(=O)(=O)N3CCCC(C)C3)cc2[N+](=O)[O-])c1. The molecule has 2 aromatic rings. The van der Waals surface area contributed by atoms with Crippen molar-refractivity contribution < 1.29 is 27.6 Å². The number of benzene rings is 2. The number of carbonyl (C=O) groups is 1. The number of carbonyl (C=O) groups excluding carboxylic acids is 1. The first-order valence-electron chi connectivity index (χ1n) is 9.37. The number of rotatable bonds is 6. The number of methoxy groups -OCH3 is 1. The van der Waals surface area contributed by atoms with Gasteiger partial charge in [-0.3, -0.25) is 10.1 Å². The molecule has 0 aliphatic carbocycles. The van der Waals surface area contributed by atoms with Gasteiger partial charge < -0.3 is 9.47 Å². The van der Waals surface area contributed by atoms with Crippen LogP contribution in [0.25, 0.3) is 0 Å². The van der Waals surface area contributed by atoms with E-state index in [1.165, 1.54) is 41.7 Å². The second kappa shape index (κ2) is 8.80. The van der Waals surface area contributed by atoms with E-state index < -0.39 is 26.6 Å². The lowest BCUT2D eigenvalue weighted by Crippen LogP contribution is -2.39. The van der Waals surface area contributed by atoms with Crippen LogP contribution in [0, 0.1) is 16.0 Å². The first kappa shape index (κ1) is 21.7. The fraction of sp³-hybridized carbons (Fsp3) is 0.350. The first-order valence-corrected chi connectivity index (χ1v) is 10.8. The number of nitro groups is 1. The monoisotopic (exact) mass is 434 g/mol. The average molecular weight is 434 g/mol.